The number of piperidine rings is 1. The molecule has 1 aromatic heterocycles. The Bertz CT molecular complexity index is 1070. The summed E-state index contributed by atoms with van der Waals surface area (Å²) in [7, 11) is 0. The van der Waals surface area contributed by atoms with Gasteiger partial charge in [0.1, 0.15) is 23.0 Å². The van der Waals surface area contributed by atoms with E-state index in [1.165, 1.54) is 0 Å². The van der Waals surface area contributed by atoms with E-state index in [1.807, 2.05) is 6.07 Å². The summed E-state index contributed by atoms with van der Waals surface area (Å²) in [6.45, 7) is 11.1. The third-order valence-corrected chi connectivity index (χ3v) is 6.47. The Kier molecular flexibility index (Phi) is 8.32. The summed E-state index contributed by atoms with van der Waals surface area (Å²) in [5.41, 5.74) is -0.455. The van der Waals surface area contributed by atoms with E-state index in [2.05, 4.69) is 54.3 Å². The first-order chi connectivity index (χ1) is 16.1. The second kappa shape index (κ2) is 11.0. The first-order valence-corrected chi connectivity index (χ1v) is 12.3. The number of carbonyl (C=O) groups excluding carboxylic acids is 1. The third-order valence-electron chi connectivity index (χ3n) is 6.47. The minimum atomic E-state index is -0.882. The molecule has 0 saturated carbocycles. The number of fused-ring (bicyclic) bond motifs is 1. The average Bonchev–Trinajstić information content (AvgIpc) is 2.80. The summed E-state index contributed by atoms with van der Waals surface area (Å²) in [6, 6.07) is 8.86. The van der Waals surface area contributed by atoms with Gasteiger partial charge in [-0.25, -0.2) is 4.79 Å². The second-order valence-corrected chi connectivity index (χ2v) is 10.5. The predicted molar refractivity (Wildman–Crippen MR) is 133 cm³/mol. The van der Waals surface area contributed by atoms with Crippen molar-refractivity contribution in [2.75, 3.05) is 25.0 Å². The van der Waals surface area contributed by atoms with Gasteiger partial charge in [0.15, 0.2) is 0 Å². The summed E-state index contributed by atoms with van der Waals surface area (Å²) in [5.74, 6) is -0.641. The Hall–Kier alpha value is -2.92. The Labute approximate surface area is 201 Å². The zero-order chi connectivity index (χ0) is 24.8. The fourth-order valence-corrected chi connectivity index (χ4v) is 4.27. The molecule has 1 fully saturated rings. The van der Waals surface area contributed by atoms with Crippen LogP contribution in [0.2, 0.25) is 0 Å². The van der Waals surface area contributed by atoms with Gasteiger partial charge in [-0.1, -0.05) is 46.2 Å². The van der Waals surface area contributed by atoms with Gasteiger partial charge in [0.2, 0.25) is 5.91 Å². The van der Waals surface area contributed by atoms with Crippen LogP contribution in [0.1, 0.15) is 66.2 Å². The number of nitriles is 1. The number of nitrogens with zero attached hydrogens (tertiary/aromatic N) is 3. The number of para-hydroxylation sites is 1. The molecule has 0 spiro atoms. The molecule has 1 aliphatic heterocycles. The second-order valence-electron chi connectivity index (χ2n) is 10.5. The first kappa shape index (κ1) is 25.7. The number of amides is 1. The number of rotatable bonds is 9. The molecule has 1 unspecified atom stereocenters. The van der Waals surface area contributed by atoms with Gasteiger partial charge in [0.25, 0.3) is 0 Å². The normalized spacial score (nSPS) is 17.1. The molecule has 3 rings (SSSR count). The van der Waals surface area contributed by atoms with E-state index >= 15 is 0 Å². The molecule has 1 aliphatic rings. The van der Waals surface area contributed by atoms with Gasteiger partial charge in [-0.2, -0.15) is 10.2 Å². The van der Waals surface area contributed by atoms with Crippen molar-refractivity contribution in [3.63, 3.8) is 0 Å². The maximum absolute atomic E-state index is 13.5. The van der Waals surface area contributed by atoms with Crippen LogP contribution in [0, 0.1) is 16.7 Å². The van der Waals surface area contributed by atoms with Crippen molar-refractivity contribution >= 4 is 22.7 Å². The van der Waals surface area contributed by atoms with Crippen LogP contribution in [0.3, 0.4) is 0 Å². The van der Waals surface area contributed by atoms with E-state index in [-0.39, 0.29) is 11.3 Å². The van der Waals surface area contributed by atoms with Crippen molar-refractivity contribution in [2.24, 2.45) is 5.41 Å². The topological polar surface area (TPSA) is 111 Å². The molecule has 184 valence electrons. The van der Waals surface area contributed by atoms with Crippen LogP contribution in [0.15, 0.2) is 33.5 Å². The summed E-state index contributed by atoms with van der Waals surface area (Å²) in [6.07, 6.45) is 4.79. The highest BCUT2D eigenvalue weighted by Gasteiger charge is 2.38. The number of hydrogen-bond donors (Lipinski definition) is 2. The van der Waals surface area contributed by atoms with Crippen LogP contribution in [-0.4, -0.2) is 47.0 Å². The number of unbranched alkanes of at least 4 members (excludes halogenated alkanes) is 1. The number of aromatic nitrogens is 1. The van der Waals surface area contributed by atoms with E-state index in [1.54, 1.807) is 18.2 Å². The van der Waals surface area contributed by atoms with Gasteiger partial charge in [0, 0.05) is 13.1 Å². The highest BCUT2D eigenvalue weighted by atomic mass is 16.4. The van der Waals surface area contributed by atoms with Crippen molar-refractivity contribution in [1.82, 2.24) is 15.2 Å². The molecule has 8 nitrogen and oxygen atoms in total. The number of carbonyl (C=O) groups is 1. The smallest absolute Gasteiger partial charge is 0.408 e. The van der Waals surface area contributed by atoms with Crippen LogP contribution in [0.5, 0.6) is 0 Å². The van der Waals surface area contributed by atoms with E-state index in [4.69, 9.17) is 4.42 Å². The highest BCUT2D eigenvalue weighted by molar-refractivity contribution is 5.91. The Balaban J connectivity index is 1.80. The summed E-state index contributed by atoms with van der Waals surface area (Å²) in [4.78, 5) is 31.9. The van der Waals surface area contributed by atoms with Gasteiger partial charge < -0.3 is 20.0 Å². The fourth-order valence-electron chi connectivity index (χ4n) is 4.27. The Morgan fingerprint density at radius 2 is 2.00 bits per heavy atom. The van der Waals surface area contributed by atoms with Crippen LogP contribution in [0.4, 0.5) is 5.82 Å². The quantitative estimate of drug-likeness (QED) is 0.572. The molecule has 2 aromatic rings. The third kappa shape index (κ3) is 6.80. The van der Waals surface area contributed by atoms with E-state index < -0.39 is 17.3 Å². The highest BCUT2D eigenvalue weighted by Crippen LogP contribution is 2.27. The standard InChI is InChI=1S/C26H37N5O3/c1-5-6-15-31-16-13-26(18-27,14-17-31)30-23(32)20(11-12-25(2,3)4)28-22-19-9-7-8-10-21(19)34-24(33)29-22/h7-10,20H,5-6,11-17H2,1-4H3,(H,30,32)(H,28,29,33). The molecule has 1 amide bonds. The lowest BCUT2D eigenvalue weighted by molar-refractivity contribution is -0.123. The molecular weight excluding hydrogens is 430 g/mol. The number of likely N-dealkylation sites (tertiary alicyclic amines) is 1. The van der Waals surface area contributed by atoms with Gasteiger partial charge in [-0.05, 0) is 56.2 Å². The maximum atomic E-state index is 13.5. The Morgan fingerprint density at radius 3 is 2.65 bits per heavy atom. The molecule has 0 radical (unpaired) electrons. The van der Waals surface area contributed by atoms with Crippen LogP contribution in [-0.2, 0) is 4.79 Å². The lowest BCUT2D eigenvalue weighted by atomic mass is 9.86. The van der Waals surface area contributed by atoms with E-state index in [0.29, 0.717) is 36.0 Å². The van der Waals surface area contributed by atoms with Crippen LogP contribution >= 0.6 is 0 Å². The molecule has 2 N–H and O–H groups in total. The molecule has 0 aliphatic carbocycles. The molecule has 1 saturated heterocycles. The summed E-state index contributed by atoms with van der Waals surface area (Å²) in [5, 5.41) is 16.9. The lowest BCUT2D eigenvalue weighted by Crippen LogP contribution is -2.57. The Morgan fingerprint density at radius 1 is 1.29 bits per heavy atom. The zero-order valence-corrected chi connectivity index (χ0v) is 20.8. The number of hydrogen-bond acceptors (Lipinski definition) is 7. The minimum Gasteiger partial charge on any atom is -0.408 e. The first-order valence-electron chi connectivity index (χ1n) is 12.3. The van der Waals surface area contributed by atoms with Crippen molar-refractivity contribution in [1.29, 1.82) is 5.26 Å². The molecule has 34 heavy (non-hydrogen) atoms. The zero-order valence-electron chi connectivity index (χ0n) is 20.8. The van der Waals surface area contributed by atoms with Gasteiger partial charge in [-0.3, -0.25) is 4.79 Å². The average molecular weight is 468 g/mol. The maximum Gasteiger partial charge on any atom is 0.441 e. The molecule has 2 heterocycles. The molecule has 8 heteroatoms. The van der Waals surface area contributed by atoms with Crippen molar-refractivity contribution in [2.45, 2.75) is 77.8 Å². The predicted octanol–water partition coefficient (Wildman–Crippen LogP) is 4.07. The van der Waals surface area contributed by atoms with Gasteiger partial charge in [0.05, 0.1) is 11.5 Å². The summed E-state index contributed by atoms with van der Waals surface area (Å²) < 4.78 is 5.20. The molecule has 0 bridgehead atoms. The molecule has 1 atom stereocenters. The van der Waals surface area contributed by atoms with Gasteiger partial charge >= 0.3 is 5.76 Å². The fraction of sp³-hybridized carbons (Fsp3) is 0.615. The van der Waals surface area contributed by atoms with Crippen LogP contribution < -0.4 is 16.4 Å². The van der Waals surface area contributed by atoms with Crippen LogP contribution in [0.25, 0.3) is 11.0 Å². The number of nitrogens with one attached hydrogen (secondary N) is 2. The number of benzene rings is 1. The monoisotopic (exact) mass is 467 g/mol. The number of anilines is 1. The van der Waals surface area contributed by atoms with Gasteiger partial charge in [-0.15, -0.1) is 0 Å². The minimum absolute atomic E-state index is 0.0168. The van der Waals surface area contributed by atoms with Crippen molar-refractivity contribution < 1.29 is 9.21 Å². The molecule has 1 aromatic carbocycles. The van der Waals surface area contributed by atoms with Crippen molar-refractivity contribution in [3.8, 4) is 6.07 Å². The lowest BCUT2D eigenvalue weighted by Gasteiger charge is -2.38. The van der Waals surface area contributed by atoms with E-state index in [0.717, 1.165) is 38.9 Å². The molecular formula is C26H37N5O3. The van der Waals surface area contributed by atoms with E-state index in [9.17, 15) is 14.9 Å². The van der Waals surface area contributed by atoms with Crippen molar-refractivity contribution in [3.05, 3.63) is 34.8 Å². The summed E-state index contributed by atoms with van der Waals surface area (Å²) >= 11 is 0. The SMILES string of the molecule is CCCCN1CCC(C#N)(NC(=O)C(CCC(C)(C)C)Nc2nc(=O)oc3ccccc23)CC1. The largest absolute Gasteiger partial charge is 0.441 e.